The van der Waals surface area contributed by atoms with Crippen molar-refractivity contribution in [1.29, 1.82) is 10.5 Å². The Bertz CT molecular complexity index is 7820. The van der Waals surface area contributed by atoms with Gasteiger partial charge in [0, 0.05) is 119 Å². The van der Waals surface area contributed by atoms with Crippen molar-refractivity contribution >= 4 is 123 Å². The number of nitro benzene ring substituents is 1. The van der Waals surface area contributed by atoms with Gasteiger partial charge in [-0.25, -0.2) is 0 Å². The van der Waals surface area contributed by atoms with Crippen LogP contribution >= 0.6 is 0 Å². The summed E-state index contributed by atoms with van der Waals surface area (Å²) in [6.45, 7) is 0. The van der Waals surface area contributed by atoms with Gasteiger partial charge in [-0.2, -0.15) is 10.5 Å². The molecule has 0 N–H and O–H groups in total. The largest absolute Gasteiger partial charge is 0.345 e. The molecule has 11 heteroatoms. The van der Waals surface area contributed by atoms with Gasteiger partial charge in [-0.15, -0.1) is 0 Å². The van der Waals surface area contributed by atoms with Crippen LogP contribution in [0.5, 0.6) is 0 Å². The van der Waals surface area contributed by atoms with Gasteiger partial charge in [-0.3, -0.25) is 10.1 Å². The highest BCUT2D eigenvalue weighted by atomic mass is 16.6. The number of anilines is 15. The summed E-state index contributed by atoms with van der Waals surface area (Å²) in [4.78, 5) is 24.0. The van der Waals surface area contributed by atoms with Crippen molar-refractivity contribution in [3.05, 3.63) is 531 Å². The van der Waals surface area contributed by atoms with E-state index in [0.717, 1.165) is 119 Å². The Kier molecular flexibility index (Phi) is 25.8. The fraction of sp³-hybridized carbons (Fsp3) is 0.0240. The molecule has 0 amide bonds. The molecule has 0 saturated heterocycles. The average Bonchev–Trinajstić information content (AvgIpc) is 0.789. The second kappa shape index (κ2) is 40.3. The lowest BCUT2D eigenvalue weighted by Gasteiger charge is -2.26. The van der Waals surface area contributed by atoms with Gasteiger partial charge in [-0.05, 0) is 293 Å². The average molecular weight is 1750 g/mol. The second-order valence-electron chi connectivity index (χ2n) is 33.4. The van der Waals surface area contributed by atoms with Crippen LogP contribution in [0.4, 0.5) is 91.0 Å². The zero-order chi connectivity index (χ0) is 92.6. The molecule has 136 heavy (non-hydrogen) atoms. The van der Waals surface area contributed by atoms with Gasteiger partial charge in [0.05, 0.1) is 28.2 Å². The summed E-state index contributed by atoms with van der Waals surface area (Å²) in [5, 5.41) is 36.9. The molecule has 21 aromatic rings. The van der Waals surface area contributed by atoms with Crippen molar-refractivity contribution < 1.29 is 4.92 Å². The molecule has 11 nitrogen and oxygen atoms in total. The SMILES string of the molecule is CN(c1ccc(-c2ccc(N(c3ccc(-c4ccccc4)cc3)c3ccc4ccccc4c3)cc2)cc1)c1cccc(C#N)c1.CN(c1ccc(-c2ccc(N(c3ccc(-c4ccccc4)cc3)c3ccc4ccccc4c3)cc2)cc1)c1cccc([N+](=O)[O-])c1.CN(c1ccc(C#N)cc1)c1ccc(-c2ccc(N(c3ccc(-c4ccccc4)cc3)c3ccc4ccccc4c3)cc2)cc1. The lowest BCUT2D eigenvalue weighted by Crippen LogP contribution is -2.10. The number of benzene rings is 21. The third-order valence-corrected chi connectivity index (χ3v) is 25.0. The molecule has 0 spiro atoms. The van der Waals surface area contributed by atoms with Crippen LogP contribution in [0.15, 0.2) is 510 Å². The number of nitro groups is 1. The number of fused-ring (bicyclic) bond motifs is 3. The fourth-order valence-electron chi connectivity index (χ4n) is 17.4. The second-order valence-corrected chi connectivity index (χ2v) is 33.4. The van der Waals surface area contributed by atoms with E-state index < -0.39 is 0 Å². The Morgan fingerprint density at radius 2 is 0.397 bits per heavy atom. The number of nitrogens with zero attached hydrogens (tertiary/aromatic N) is 9. The number of hydrogen-bond donors (Lipinski definition) is 0. The number of non-ortho nitro benzene ring substituents is 1. The minimum Gasteiger partial charge on any atom is -0.345 e. The van der Waals surface area contributed by atoms with Gasteiger partial charge in [0.15, 0.2) is 0 Å². The molecule has 0 bridgehead atoms. The van der Waals surface area contributed by atoms with Crippen molar-refractivity contribution in [2.45, 2.75) is 0 Å². The lowest BCUT2D eigenvalue weighted by molar-refractivity contribution is -0.384. The van der Waals surface area contributed by atoms with Crippen molar-refractivity contribution in [2.24, 2.45) is 0 Å². The summed E-state index contributed by atoms with van der Waals surface area (Å²) in [6.07, 6.45) is 0. The van der Waals surface area contributed by atoms with Crippen LogP contribution in [0.1, 0.15) is 11.1 Å². The first-order valence-corrected chi connectivity index (χ1v) is 45.3. The molecule has 650 valence electrons. The van der Waals surface area contributed by atoms with Crippen molar-refractivity contribution in [3.63, 3.8) is 0 Å². The maximum absolute atomic E-state index is 11.2. The first kappa shape index (κ1) is 86.9. The van der Waals surface area contributed by atoms with Gasteiger partial charge >= 0.3 is 0 Å². The summed E-state index contributed by atoms with van der Waals surface area (Å²) in [5.74, 6) is 0. The van der Waals surface area contributed by atoms with Crippen molar-refractivity contribution in [3.8, 4) is 78.9 Å². The van der Waals surface area contributed by atoms with E-state index >= 15 is 0 Å². The molecule has 0 aromatic heterocycles. The first-order valence-electron chi connectivity index (χ1n) is 45.3. The summed E-state index contributed by atoms with van der Waals surface area (Å²) in [7, 11) is 5.98. The van der Waals surface area contributed by atoms with Crippen LogP contribution in [0.2, 0.25) is 0 Å². The maximum Gasteiger partial charge on any atom is 0.271 e. The van der Waals surface area contributed by atoms with Gasteiger partial charge in [0.2, 0.25) is 0 Å². The smallest absolute Gasteiger partial charge is 0.271 e. The number of nitriles is 2. The van der Waals surface area contributed by atoms with E-state index in [2.05, 4.69) is 443 Å². The molecule has 0 radical (unpaired) electrons. The summed E-state index contributed by atoms with van der Waals surface area (Å²) >= 11 is 0. The van der Waals surface area contributed by atoms with E-state index in [0.29, 0.717) is 11.1 Å². The molecular formula is C125H93N9O2. The molecule has 0 saturated carbocycles. The standard InChI is InChI=1S/2C42H31N3.C41H31N3O2/c1-44(41-13-7-8-31(28-41)30-43)38-21-14-35(15-22-38)36-18-25-40(26-19-36)45(42-27-20-33-11-5-6-12-37(33)29-42)39-23-16-34(17-24-39)32-9-3-2-4-10-32;1-44(38-20-11-31(30-43)12-21-38)39-22-13-35(14-23-39)36-17-26-41(27-18-36)45(42-28-19-33-9-5-6-10-37(33)29-42)40-24-15-34(16-25-40)32-7-3-2-4-8-32;1-42(39-12-7-13-41(29-39)44(45)46)36-21-14-33(15-22-36)34-18-25-38(26-19-34)43(40-27-20-31-10-5-6-11-35(31)28-40)37-23-16-32(17-24-37)30-8-3-2-4-9-30/h2*2-29H,1H3;2-29H,1H3. The van der Waals surface area contributed by atoms with E-state index in [-0.39, 0.29) is 10.6 Å². The Morgan fingerprint density at radius 3 is 0.662 bits per heavy atom. The Hall–Kier alpha value is -18.4. The predicted molar refractivity (Wildman–Crippen MR) is 568 cm³/mol. The monoisotopic (exact) mass is 1750 g/mol. The normalized spacial score (nSPS) is 10.8. The third-order valence-electron chi connectivity index (χ3n) is 25.0. The van der Waals surface area contributed by atoms with Crippen LogP contribution in [0.25, 0.3) is 99.1 Å². The first-order chi connectivity index (χ1) is 66.8. The Labute approximate surface area is 793 Å². The highest BCUT2D eigenvalue weighted by Gasteiger charge is 2.21. The molecule has 21 aromatic carbocycles. The molecule has 0 fully saturated rings. The van der Waals surface area contributed by atoms with E-state index in [4.69, 9.17) is 5.26 Å². The highest BCUT2D eigenvalue weighted by molar-refractivity contribution is 5.94. The van der Waals surface area contributed by atoms with Gasteiger partial charge in [0.1, 0.15) is 0 Å². The van der Waals surface area contributed by atoms with Crippen LogP contribution in [-0.2, 0) is 0 Å². The molecule has 0 aliphatic carbocycles. The summed E-state index contributed by atoms with van der Waals surface area (Å²) in [5.41, 5.74) is 31.1. The Balaban J connectivity index is 0.000000131. The molecular weight excluding hydrogens is 1660 g/mol. The predicted octanol–water partition coefficient (Wildman–Crippen LogP) is 33.9. The molecule has 0 unspecified atom stereocenters. The van der Waals surface area contributed by atoms with Crippen LogP contribution in [0, 0.1) is 32.8 Å². The quantitative estimate of drug-likeness (QED) is 0.0480. The molecule has 21 rings (SSSR count). The maximum atomic E-state index is 11.2. The molecule has 0 atom stereocenters. The topological polar surface area (TPSA) is 110 Å². The third kappa shape index (κ3) is 19.7. The number of rotatable bonds is 22. The number of hydrogen-bond acceptors (Lipinski definition) is 10. The molecule has 0 aliphatic heterocycles. The summed E-state index contributed by atoms with van der Waals surface area (Å²) < 4.78 is 0. The lowest BCUT2D eigenvalue weighted by atomic mass is 10.0. The van der Waals surface area contributed by atoms with Crippen molar-refractivity contribution in [2.75, 3.05) is 50.5 Å². The fourth-order valence-corrected chi connectivity index (χ4v) is 17.4. The highest BCUT2D eigenvalue weighted by Crippen LogP contribution is 2.44. The van der Waals surface area contributed by atoms with E-state index in [1.165, 1.54) is 71.8 Å². The Morgan fingerprint density at radius 1 is 0.184 bits per heavy atom. The minimum atomic E-state index is -0.370. The molecule has 0 aliphatic rings. The van der Waals surface area contributed by atoms with E-state index in [9.17, 15) is 15.4 Å². The van der Waals surface area contributed by atoms with Crippen LogP contribution in [-0.4, -0.2) is 26.1 Å². The van der Waals surface area contributed by atoms with Crippen LogP contribution in [0.3, 0.4) is 0 Å². The van der Waals surface area contributed by atoms with Gasteiger partial charge in [0.25, 0.3) is 5.69 Å². The zero-order valence-electron chi connectivity index (χ0n) is 75.3. The summed E-state index contributed by atoms with van der Waals surface area (Å²) in [6, 6.07) is 181. The van der Waals surface area contributed by atoms with Gasteiger partial charge in [-0.1, -0.05) is 303 Å². The zero-order valence-corrected chi connectivity index (χ0v) is 75.3. The van der Waals surface area contributed by atoms with Crippen molar-refractivity contribution in [1.82, 2.24) is 0 Å². The van der Waals surface area contributed by atoms with Crippen LogP contribution < -0.4 is 29.4 Å². The minimum absolute atomic E-state index is 0.0749. The van der Waals surface area contributed by atoms with Gasteiger partial charge < -0.3 is 29.4 Å². The molecule has 0 heterocycles. The van der Waals surface area contributed by atoms with E-state index in [1.807, 2.05) is 111 Å². The van der Waals surface area contributed by atoms with E-state index in [1.54, 1.807) is 12.1 Å².